The second kappa shape index (κ2) is 5.86. The van der Waals surface area contributed by atoms with Crippen LogP contribution in [-0.4, -0.2) is 29.4 Å². The highest BCUT2D eigenvalue weighted by atomic mass is 32.2. The lowest BCUT2D eigenvalue weighted by Crippen LogP contribution is -2.00. The zero-order chi connectivity index (χ0) is 15.7. The number of aliphatic hydroxyl groups excluding tert-OH is 1. The third-order valence-electron chi connectivity index (χ3n) is 3.12. The van der Waals surface area contributed by atoms with Crippen LogP contribution in [0.25, 0.3) is 0 Å². The van der Waals surface area contributed by atoms with Gasteiger partial charge in [-0.15, -0.1) is 0 Å². The van der Waals surface area contributed by atoms with Gasteiger partial charge in [0.2, 0.25) is 0 Å². The molecule has 2 aromatic heterocycles. The van der Waals surface area contributed by atoms with Gasteiger partial charge in [-0.3, -0.25) is 14.8 Å². The van der Waals surface area contributed by atoms with Gasteiger partial charge in [-0.25, -0.2) is 4.98 Å². The van der Waals surface area contributed by atoms with Crippen molar-refractivity contribution in [2.24, 2.45) is 14.1 Å². The van der Waals surface area contributed by atoms with Gasteiger partial charge in [0.25, 0.3) is 0 Å². The summed E-state index contributed by atoms with van der Waals surface area (Å²) in [7, 11) is 3.43. The number of nitro groups is 1. The summed E-state index contributed by atoms with van der Waals surface area (Å²) < 4.78 is 3.21. The summed E-state index contributed by atoms with van der Waals surface area (Å²) in [6.07, 6.45) is 1.55. The lowest BCUT2D eigenvalue weighted by molar-refractivity contribution is -0.388. The zero-order valence-electron chi connectivity index (χ0n) is 12.3. The Balaban J connectivity index is 2.48. The van der Waals surface area contributed by atoms with Gasteiger partial charge in [-0.2, -0.15) is 5.10 Å². The molecule has 0 atom stereocenters. The van der Waals surface area contributed by atoms with Crippen molar-refractivity contribution in [3.05, 3.63) is 27.7 Å². The Kier molecular flexibility index (Phi) is 4.33. The fourth-order valence-electron chi connectivity index (χ4n) is 1.95. The molecule has 114 valence electrons. The molecule has 0 saturated carbocycles. The largest absolute Gasteiger partial charge is 0.390 e. The molecule has 0 amide bonds. The Bertz CT molecular complexity index is 677. The van der Waals surface area contributed by atoms with E-state index in [1.54, 1.807) is 24.9 Å². The smallest absolute Gasteiger partial charge is 0.324 e. The first-order valence-electron chi connectivity index (χ1n) is 6.37. The van der Waals surface area contributed by atoms with E-state index in [0.717, 1.165) is 0 Å². The monoisotopic (exact) mass is 311 g/mol. The van der Waals surface area contributed by atoms with Crippen LogP contribution in [0.4, 0.5) is 5.69 Å². The minimum atomic E-state index is -0.402. The van der Waals surface area contributed by atoms with Crippen LogP contribution in [-0.2, 0) is 20.7 Å². The summed E-state index contributed by atoms with van der Waals surface area (Å²) in [5.41, 5.74) is 1.12. The van der Waals surface area contributed by atoms with E-state index in [4.69, 9.17) is 0 Å². The predicted octanol–water partition coefficient (Wildman–Crippen LogP) is 1.83. The fourth-order valence-corrected chi connectivity index (χ4v) is 2.93. The molecule has 0 aliphatic heterocycles. The molecular formula is C12H17N5O3S. The van der Waals surface area contributed by atoms with E-state index in [1.165, 1.54) is 16.4 Å². The second-order valence-corrected chi connectivity index (χ2v) is 5.88. The van der Waals surface area contributed by atoms with Crippen LogP contribution in [0.2, 0.25) is 0 Å². The van der Waals surface area contributed by atoms with Crippen LogP contribution in [0.15, 0.2) is 16.4 Å². The van der Waals surface area contributed by atoms with E-state index in [1.807, 2.05) is 13.8 Å². The molecule has 0 bridgehead atoms. The van der Waals surface area contributed by atoms with Crippen molar-refractivity contribution in [1.29, 1.82) is 0 Å². The average molecular weight is 311 g/mol. The van der Waals surface area contributed by atoms with Gasteiger partial charge in [0.15, 0.2) is 10.2 Å². The quantitative estimate of drug-likeness (QED) is 0.668. The molecule has 0 aliphatic carbocycles. The van der Waals surface area contributed by atoms with Crippen molar-refractivity contribution in [3.8, 4) is 0 Å². The Labute approximate surface area is 125 Å². The van der Waals surface area contributed by atoms with Crippen LogP contribution in [0, 0.1) is 10.1 Å². The number of imidazole rings is 1. The summed E-state index contributed by atoms with van der Waals surface area (Å²) in [6.45, 7) is 3.61. The number of hydrogen-bond donors (Lipinski definition) is 1. The first-order valence-corrected chi connectivity index (χ1v) is 7.19. The highest BCUT2D eigenvalue weighted by molar-refractivity contribution is 7.99. The summed E-state index contributed by atoms with van der Waals surface area (Å²) in [4.78, 5) is 15.1. The van der Waals surface area contributed by atoms with E-state index >= 15 is 0 Å². The lowest BCUT2D eigenvalue weighted by atomic mass is 10.1. The minimum absolute atomic E-state index is 0.0195. The number of hydrogen-bond acceptors (Lipinski definition) is 6. The molecule has 8 nitrogen and oxygen atoms in total. The van der Waals surface area contributed by atoms with Crippen LogP contribution >= 0.6 is 11.8 Å². The molecule has 21 heavy (non-hydrogen) atoms. The number of rotatable bonds is 5. The topological polar surface area (TPSA) is 99.0 Å². The van der Waals surface area contributed by atoms with Crippen molar-refractivity contribution in [2.45, 2.75) is 36.6 Å². The fraction of sp³-hybridized carbons (Fsp3) is 0.500. The van der Waals surface area contributed by atoms with Gasteiger partial charge >= 0.3 is 5.69 Å². The molecule has 0 unspecified atom stereocenters. The third-order valence-corrected chi connectivity index (χ3v) is 4.33. The number of nitrogens with zero attached hydrogens (tertiary/aromatic N) is 5. The van der Waals surface area contributed by atoms with E-state index in [2.05, 4.69) is 10.1 Å². The molecule has 0 aliphatic rings. The summed E-state index contributed by atoms with van der Waals surface area (Å²) >= 11 is 1.17. The van der Waals surface area contributed by atoms with Crippen molar-refractivity contribution in [3.63, 3.8) is 0 Å². The first-order chi connectivity index (χ1) is 9.86. The predicted molar refractivity (Wildman–Crippen MR) is 77.2 cm³/mol. The second-order valence-electron chi connectivity index (χ2n) is 4.93. The Morgan fingerprint density at radius 1 is 1.48 bits per heavy atom. The maximum absolute atomic E-state index is 11.4. The molecule has 2 aromatic rings. The first kappa shape index (κ1) is 15.5. The summed E-state index contributed by atoms with van der Waals surface area (Å²) in [5, 5.41) is 25.8. The Morgan fingerprint density at radius 3 is 2.62 bits per heavy atom. The molecule has 9 heteroatoms. The van der Waals surface area contributed by atoms with Crippen molar-refractivity contribution in [1.82, 2.24) is 19.3 Å². The molecule has 2 heterocycles. The van der Waals surface area contributed by atoms with Gasteiger partial charge < -0.3 is 9.67 Å². The minimum Gasteiger partial charge on any atom is -0.390 e. The number of aliphatic hydroxyl groups is 1. The van der Waals surface area contributed by atoms with E-state index in [-0.39, 0.29) is 18.2 Å². The molecule has 0 saturated heterocycles. The van der Waals surface area contributed by atoms with Gasteiger partial charge in [-0.1, -0.05) is 13.8 Å². The molecule has 2 rings (SSSR count). The van der Waals surface area contributed by atoms with E-state index < -0.39 is 4.92 Å². The molecule has 0 radical (unpaired) electrons. The highest BCUT2D eigenvalue weighted by Crippen LogP contribution is 2.38. The van der Waals surface area contributed by atoms with E-state index in [9.17, 15) is 15.2 Å². The molecule has 0 aromatic carbocycles. The normalized spacial score (nSPS) is 11.3. The van der Waals surface area contributed by atoms with Gasteiger partial charge in [-0.05, 0) is 11.8 Å². The van der Waals surface area contributed by atoms with Gasteiger partial charge in [0.05, 0.1) is 23.4 Å². The standard InChI is InChI=1S/C12H17N5O3S/c1-7(2)9-10(17(19)20)11(16(4)14-9)21-12-13-5-8(6-18)15(12)3/h5,7,18H,6H2,1-4H3. The van der Waals surface area contributed by atoms with Crippen LogP contribution in [0.3, 0.4) is 0 Å². The number of aromatic nitrogens is 4. The number of aryl methyl sites for hydroxylation is 1. The van der Waals surface area contributed by atoms with Crippen LogP contribution in [0.1, 0.15) is 31.2 Å². The summed E-state index contributed by atoms with van der Waals surface area (Å²) in [5.74, 6) is -0.0414. The maximum Gasteiger partial charge on any atom is 0.324 e. The lowest BCUT2D eigenvalue weighted by Gasteiger charge is -2.04. The van der Waals surface area contributed by atoms with Crippen molar-refractivity contribution < 1.29 is 10.0 Å². The Morgan fingerprint density at radius 2 is 2.14 bits per heavy atom. The molecule has 1 N–H and O–H groups in total. The van der Waals surface area contributed by atoms with Crippen molar-refractivity contribution in [2.75, 3.05) is 0 Å². The average Bonchev–Trinajstić information content (AvgIpc) is 2.92. The van der Waals surface area contributed by atoms with Crippen molar-refractivity contribution >= 4 is 17.4 Å². The molecular weight excluding hydrogens is 294 g/mol. The summed E-state index contributed by atoms with van der Waals surface area (Å²) in [6, 6.07) is 0. The third kappa shape index (κ3) is 2.79. The SMILES string of the molecule is CC(C)c1nn(C)c(Sc2ncc(CO)n2C)c1[N+](=O)[O-]. The highest BCUT2D eigenvalue weighted by Gasteiger charge is 2.30. The molecule has 0 fully saturated rings. The van der Waals surface area contributed by atoms with Crippen LogP contribution < -0.4 is 0 Å². The maximum atomic E-state index is 11.4. The Hall–Kier alpha value is -1.87. The van der Waals surface area contributed by atoms with Gasteiger partial charge in [0.1, 0.15) is 5.69 Å². The molecule has 0 spiro atoms. The van der Waals surface area contributed by atoms with Gasteiger partial charge in [0, 0.05) is 20.0 Å². The van der Waals surface area contributed by atoms with E-state index in [0.29, 0.717) is 21.6 Å². The van der Waals surface area contributed by atoms with Crippen LogP contribution in [0.5, 0.6) is 0 Å². The zero-order valence-corrected chi connectivity index (χ0v) is 13.1.